The summed E-state index contributed by atoms with van der Waals surface area (Å²) in [6.45, 7) is -4.60. The van der Waals surface area contributed by atoms with E-state index >= 15 is 0 Å². The fourth-order valence-corrected chi connectivity index (χ4v) is 14.2. The number of nitrogens with zero attached hydrogens (tertiary/aromatic N) is 21. The van der Waals surface area contributed by atoms with Crippen LogP contribution in [0.4, 0.5) is 64.3 Å². The van der Waals surface area contributed by atoms with Gasteiger partial charge in [-0.2, -0.15) is 38.7 Å². The van der Waals surface area contributed by atoms with Crippen molar-refractivity contribution in [3.8, 4) is 74.1 Å². The van der Waals surface area contributed by atoms with E-state index in [-0.39, 0.29) is 96.2 Å². The molecule has 18 rings (SSSR count). The maximum atomic E-state index is 14.4. The Balaban J connectivity index is 0.000000133. The van der Waals surface area contributed by atoms with Gasteiger partial charge < -0.3 is 123 Å². The van der Waals surface area contributed by atoms with Gasteiger partial charge in [-0.15, -0.1) is 38.5 Å². The largest absolute Gasteiger partial charge is 0.392 e. The first-order chi connectivity index (χ1) is 61.8. The summed E-state index contributed by atoms with van der Waals surface area (Å²) in [6, 6.07) is 0. The van der Waals surface area contributed by atoms with Crippen LogP contribution in [0.3, 0.4) is 0 Å². The second-order valence-corrected chi connectivity index (χ2v) is 28.6. The minimum Gasteiger partial charge on any atom is -0.392 e. The predicted molar refractivity (Wildman–Crippen MR) is 420 cm³/mol. The number of rotatable bonds is 12. The number of halogens is 8. The summed E-state index contributed by atoms with van der Waals surface area (Å²) < 4.78 is 151. The fourth-order valence-electron chi connectivity index (χ4n) is 14.2. The molecule has 6 fully saturated rings. The third-order valence-electron chi connectivity index (χ3n) is 21.3. The number of imidazole rings is 6. The molecule has 12 aromatic rings. The molecule has 0 aromatic carbocycles. The first-order valence-electron chi connectivity index (χ1n) is 36.9. The molecule has 0 radical (unpaired) electrons. The normalized spacial score (nSPS) is 31.8. The van der Waals surface area contributed by atoms with Crippen LogP contribution >= 0.6 is 0 Å². The molecule has 24 unspecified atom stereocenters. The maximum Gasteiger partial charge on any atom is 0.348 e. The number of nitrogens with one attached hydrogen (secondary N) is 3. The number of aromatic amines is 3. The van der Waals surface area contributed by atoms with E-state index in [4.69, 9.17) is 95.6 Å². The zero-order chi connectivity index (χ0) is 94.7. The number of ether oxygens (including phenoxy) is 6. The molecule has 684 valence electrons. The zero-order valence-electron chi connectivity index (χ0n) is 65.6. The first-order valence-corrected chi connectivity index (χ1v) is 36.9. The molecule has 0 spiro atoms. The second kappa shape index (κ2) is 35.8. The molecule has 18 heterocycles. The summed E-state index contributed by atoms with van der Waals surface area (Å²) >= 11 is 0. The number of H-pyrrole nitrogens is 3. The van der Waals surface area contributed by atoms with Gasteiger partial charge in [0.25, 0.3) is 17.2 Å². The smallest absolute Gasteiger partial charge is 0.348 e. The summed E-state index contributed by atoms with van der Waals surface area (Å²) in [6.07, 6.45) is 7.97. The van der Waals surface area contributed by atoms with E-state index < -0.39 is 213 Å². The number of aliphatic hydroxyl groups is 12. The highest BCUT2D eigenvalue weighted by molar-refractivity contribution is 5.84. The molecule has 6 aliphatic rings. The van der Waals surface area contributed by atoms with Gasteiger partial charge in [-0.25, -0.2) is 76.0 Å². The van der Waals surface area contributed by atoms with E-state index in [2.05, 4.69) is 108 Å². The Morgan fingerprint density at radius 2 is 0.646 bits per heavy atom. The van der Waals surface area contributed by atoms with Gasteiger partial charge in [0.2, 0.25) is 5.95 Å². The van der Waals surface area contributed by atoms with Gasteiger partial charge in [0.05, 0.1) is 83.9 Å². The van der Waals surface area contributed by atoms with Crippen LogP contribution in [0.2, 0.25) is 0 Å². The van der Waals surface area contributed by atoms with E-state index in [0.29, 0.717) is 0 Å². The molecule has 12 aromatic heterocycles. The highest BCUT2D eigenvalue weighted by atomic mass is 19.2. The van der Waals surface area contributed by atoms with Gasteiger partial charge in [0.15, 0.2) is 176 Å². The van der Waals surface area contributed by atoms with Crippen molar-refractivity contribution in [3.05, 3.63) is 94.0 Å². The lowest BCUT2D eigenvalue weighted by Crippen LogP contribution is -2.44. The summed E-state index contributed by atoms with van der Waals surface area (Å²) in [7, 11) is 0. The van der Waals surface area contributed by atoms with Gasteiger partial charge in [0, 0.05) is 0 Å². The Kier molecular flexibility index (Phi) is 25.7. The highest BCUT2D eigenvalue weighted by Crippen LogP contribution is 2.46. The van der Waals surface area contributed by atoms with Crippen molar-refractivity contribution < 1.29 is 125 Å². The Bertz CT molecular complexity index is 6580. The molecular weight excluding hydrogens is 1760 g/mol. The van der Waals surface area contributed by atoms with Crippen molar-refractivity contribution in [1.82, 2.24) is 117 Å². The van der Waals surface area contributed by atoms with E-state index in [9.17, 15) is 111 Å². The van der Waals surface area contributed by atoms with Crippen molar-refractivity contribution >= 4 is 96.2 Å². The number of terminal acetylenes is 6. The van der Waals surface area contributed by atoms with Crippen LogP contribution in [0.25, 0.3) is 67.0 Å². The number of fused-ring (bicyclic) bond motifs is 6. The quantitative estimate of drug-likeness (QED) is 0.0307. The predicted octanol–water partition coefficient (Wildman–Crippen LogP) is -7.42. The molecule has 50 nitrogen and oxygen atoms in total. The van der Waals surface area contributed by atoms with Crippen LogP contribution < -0.4 is 45.5 Å². The number of alkyl halides is 6. The number of nitrogen functional groups attached to an aromatic ring is 5. The molecule has 0 saturated carbocycles. The fraction of sp³-hybridized carbons (Fsp3) is 0.417. The molecule has 58 heteroatoms. The van der Waals surface area contributed by atoms with Gasteiger partial charge in [0.1, 0.15) is 65.3 Å². The molecular formula is C72H69F8N29O21. The van der Waals surface area contributed by atoms with E-state index in [1.165, 1.54) is 34.4 Å². The van der Waals surface area contributed by atoms with E-state index in [1.54, 1.807) is 0 Å². The lowest BCUT2D eigenvalue weighted by atomic mass is 9.98. The third-order valence-corrected chi connectivity index (χ3v) is 21.3. The van der Waals surface area contributed by atoms with Gasteiger partial charge in [-0.3, -0.25) is 47.0 Å². The molecule has 0 bridgehead atoms. The molecule has 0 amide bonds. The van der Waals surface area contributed by atoms with Crippen molar-refractivity contribution in [2.75, 3.05) is 68.3 Å². The van der Waals surface area contributed by atoms with Crippen molar-refractivity contribution in [2.45, 2.75) is 145 Å². The second-order valence-electron chi connectivity index (χ2n) is 28.6. The number of anilines is 5. The summed E-state index contributed by atoms with van der Waals surface area (Å²) in [5.74, 6) is 12.2. The number of nitrogens with two attached hydrogens (primary N) is 5. The molecule has 6 aliphatic heterocycles. The topological polar surface area (TPSA) is 750 Å². The monoisotopic (exact) mass is 1830 g/mol. The average molecular weight is 1830 g/mol. The van der Waals surface area contributed by atoms with Gasteiger partial charge in [-0.05, 0) is 0 Å². The van der Waals surface area contributed by atoms with Crippen molar-refractivity contribution in [1.29, 1.82) is 0 Å². The minimum atomic E-state index is -2.04. The minimum absolute atomic E-state index is 0.00463. The first kappa shape index (κ1) is 93.4. The Labute approximate surface area is 716 Å². The summed E-state index contributed by atoms with van der Waals surface area (Å²) in [5, 5.41) is 115. The Morgan fingerprint density at radius 3 is 0.992 bits per heavy atom. The number of hydrogen-bond donors (Lipinski definition) is 20. The standard InChI is InChI=1S/C12H11F2N5O3.C12H10F2N4O4.C12H13FN6O3.C12H12FN5O4.C12H12FN5O3.C12H11FN4O4/c1-2-12(3-20)7(21)5(13)10(22-12)19-4-16-6-8(15)17-11(14)18-9(6)19;1-2-12(3-19)7(20)5(13)10(22-12)18-4-15-6-8(18)16-11(14)17-9(6)21;1-2-12(3-20)7(21)5(13)10(22-12)19-4-16-6-8(14)17-11(15)18-9(6)19;1-2-12(3-19)7(20)5(13)10(22-12)18-4-15-6-8(14)16-11(21)17-9(6)18;1-2-12(3-19)8(20)6(13)11(21-12)18-5-17-7-9(14)15-4-16-10(7)18;1-2-12(3-18)8(19)6(13)11(21-12)17-5-16-7-9(17)14-4-15-10(7)20/h1,4-5,7,10,20-21H,3H2,(H2,15,17,18);1,4-5,7,10,19-20H,3H2,(H,16,17,21);1,4-5,7,10,20-21H,3H2,(H4,14,15,17,18);1,4-5,7,10,19-20H,3H2,(H3,14,16,17,21);1,4-6,8,11,19-20H,3H2,(H2,14,15,16);1,4-6,8,11,18-19H,3H2,(H,14,15,20). The Hall–Kier alpha value is -14.2. The third kappa shape index (κ3) is 15.5. The molecule has 0 aliphatic carbocycles. The number of aromatic nitrogens is 24. The average Bonchev–Trinajstić information content (AvgIpc) is 1.65. The van der Waals surface area contributed by atoms with E-state index in [0.717, 1.165) is 43.6 Å². The van der Waals surface area contributed by atoms with Gasteiger partial charge >= 0.3 is 11.8 Å². The van der Waals surface area contributed by atoms with Crippen LogP contribution in [-0.2, 0) is 28.4 Å². The molecule has 24 atom stereocenters. The van der Waals surface area contributed by atoms with Crippen LogP contribution in [0.15, 0.2) is 65.0 Å². The van der Waals surface area contributed by atoms with Crippen LogP contribution in [0.5, 0.6) is 0 Å². The highest BCUT2D eigenvalue weighted by Gasteiger charge is 2.61. The molecule has 6 saturated heterocycles. The van der Waals surface area contributed by atoms with Crippen molar-refractivity contribution in [3.63, 3.8) is 0 Å². The van der Waals surface area contributed by atoms with Crippen molar-refractivity contribution in [2.24, 2.45) is 0 Å². The number of hydrogen-bond acceptors (Lipinski definition) is 41. The maximum absolute atomic E-state index is 14.4. The lowest BCUT2D eigenvalue weighted by Gasteiger charge is -2.23. The van der Waals surface area contributed by atoms with Crippen LogP contribution in [0.1, 0.15) is 37.4 Å². The van der Waals surface area contributed by atoms with E-state index in [1.807, 2.05) is 16.8 Å². The molecule has 130 heavy (non-hydrogen) atoms. The van der Waals surface area contributed by atoms with Crippen LogP contribution in [-0.4, -0.2) is 325 Å². The van der Waals surface area contributed by atoms with Gasteiger partial charge in [-0.1, -0.05) is 35.5 Å². The van der Waals surface area contributed by atoms with Crippen LogP contribution in [0, 0.1) is 86.2 Å². The number of aliphatic hydroxyl groups excluding tert-OH is 12. The Morgan fingerprint density at radius 1 is 0.354 bits per heavy atom. The lowest BCUT2D eigenvalue weighted by molar-refractivity contribution is -0.0900. The summed E-state index contributed by atoms with van der Waals surface area (Å²) in [5.41, 5.74) is 15.2. The molecule has 25 N–H and O–H groups in total. The summed E-state index contributed by atoms with van der Waals surface area (Å²) in [4.78, 5) is 97.5. The zero-order valence-corrected chi connectivity index (χ0v) is 65.6. The SMILES string of the molecule is C#CC1(CO)OC(n2cnc3c(=O)[nH]c(F)nc32)C(F)C1O.C#CC1(CO)OC(n2cnc3c(=O)[nH]cnc32)C(F)C1O.C#CC1(CO)OC(n2cnc3c(N)[nH]c(=O)nc32)C(F)C1O.C#CC1(CO)OC(n2cnc3c(N)nc(F)nc32)C(F)C1O.C#CC1(CO)OC(n2cnc3c(N)nc(N)nc32)C(F)C1O.C#CC1(CO)OC(n2cnc3c(N)ncnc32)C(F)C1O.